The predicted octanol–water partition coefficient (Wildman–Crippen LogP) is 0.928. The molecule has 1 fully saturated rings. The first-order valence-corrected chi connectivity index (χ1v) is 8.23. The Morgan fingerprint density at radius 1 is 1.23 bits per heavy atom. The van der Waals surface area contributed by atoms with Crippen molar-refractivity contribution in [3.8, 4) is 0 Å². The summed E-state index contributed by atoms with van der Waals surface area (Å²) in [6, 6.07) is 4.10. The first-order chi connectivity index (χ1) is 12.6. The van der Waals surface area contributed by atoms with Gasteiger partial charge >= 0.3 is 5.97 Å². The summed E-state index contributed by atoms with van der Waals surface area (Å²) in [5.74, 6) is -1.50. The van der Waals surface area contributed by atoms with Gasteiger partial charge in [-0.05, 0) is 37.5 Å². The third kappa shape index (κ3) is 4.24. The van der Waals surface area contributed by atoms with Crippen LogP contribution >= 0.6 is 0 Å². The van der Waals surface area contributed by atoms with Gasteiger partial charge in [-0.2, -0.15) is 0 Å². The van der Waals surface area contributed by atoms with Crippen LogP contribution in [0.3, 0.4) is 0 Å². The summed E-state index contributed by atoms with van der Waals surface area (Å²) < 4.78 is 9.97. The Bertz CT molecular complexity index is 763. The van der Waals surface area contributed by atoms with E-state index in [2.05, 4.69) is 15.3 Å². The van der Waals surface area contributed by atoms with Crippen LogP contribution in [0.15, 0.2) is 41.3 Å². The van der Waals surface area contributed by atoms with Gasteiger partial charge in [-0.15, -0.1) is 0 Å². The Morgan fingerprint density at radius 2 is 2.04 bits per heavy atom. The summed E-state index contributed by atoms with van der Waals surface area (Å²) >= 11 is 0. The molecule has 0 bridgehead atoms. The van der Waals surface area contributed by atoms with Gasteiger partial charge in [-0.3, -0.25) is 14.9 Å². The molecular weight excluding hydrogens is 340 g/mol. The van der Waals surface area contributed by atoms with Crippen LogP contribution in [0.5, 0.6) is 0 Å². The number of aromatic nitrogens is 2. The van der Waals surface area contributed by atoms with Crippen molar-refractivity contribution in [2.45, 2.75) is 25.3 Å². The van der Waals surface area contributed by atoms with Crippen molar-refractivity contribution in [3.05, 3.63) is 42.6 Å². The lowest BCUT2D eigenvalue weighted by atomic mass is 10.0. The van der Waals surface area contributed by atoms with E-state index in [0.717, 1.165) is 12.8 Å². The lowest BCUT2D eigenvalue weighted by Crippen LogP contribution is -2.47. The van der Waals surface area contributed by atoms with Crippen molar-refractivity contribution in [2.24, 2.45) is 0 Å². The first-order valence-electron chi connectivity index (χ1n) is 8.23. The number of imide groups is 1. The van der Waals surface area contributed by atoms with Crippen molar-refractivity contribution in [2.75, 3.05) is 18.1 Å². The van der Waals surface area contributed by atoms with Gasteiger partial charge < -0.3 is 14.1 Å². The zero-order valence-electron chi connectivity index (χ0n) is 14.0. The van der Waals surface area contributed by atoms with E-state index in [0.29, 0.717) is 18.9 Å². The second kappa shape index (κ2) is 8.24. The maximum atomic E-state index is 12.4. The van der Waals surface area contributed by atoms with E-state index >= 15 is 0 Å². The molecule has 26 heavy (non-hydrogen) atoms. The highest BCUT2D eigenvalue weighted by molar-refractivity contribution is 6.03. The molecule has 2 aromatic heterocycles. The SMILES string of the molecule is O=C(COC(=O)C1CCCCN1c1ncccn1)NC(=O)c1ccco1. The molecule has 2 amide bonds. The van der Waals surface area contributed by atoms with E-state index in [1.807, 2.05) is 0 Å². The summed E-state index contributed by atoms with van der Waals surface area (Å²) in [4.78, 5) is 46.0. The van der Waals surface area contributed by atoms with E-state index in [-0.39, 0.29) is 5.76 Å². The van der Waals surface area contributed by atoms with Gasteiger partial charge in [0.1, 0.15) is 6.04 Å². The van der Waals surface area contributed by atoms with Crippen LogP contribution in [0, 0.1) is 0 Å². The summed E-state index contributed by atoms with van der Waals surface area (Å²) in [5.41, 5.74) is 0. The molecule has 9 heteroatoms. The fraction of sp³-hybridized carbons (Fsp3) is 0.353. The molecule has 0 radical (unpaired) electrons. The van der Waals surface area contributed by atoms with Gasteiger partial charge in [0.05, 0.1) is 6.26 Å². The van der Waals surface area contributed by atoms with Gasteiger partial charge in [-0.25, -0.2) is 14.8 Å². The average Bonchev–Trinajstić information content (AvgIpc) is 3.22. The topological polar surface area (TPSA) is 115 Å². The fourth-order valence-electron chi connectivity index (χ4n) is 2.72. The smallest absolute Gasteiger partial charge is 0.329 e. The zero-order chi connectivity index (χ0) is 18.4. The number of esters is 1. The monoisotopic (exact) mass is 358 g/mol. The molecule has 9 nitrogen and oxygen atoms in total. The number of carbonyl (C=O) groups is 3. The minimum atomic E-state index is -0.724. The number of anilines is 1. The molecule has 0 saturated carbocycles. The van der Waals surface area contributed by atoms with Crippen molar-refractivity contribution < 1.29 is 23.5 Å². The normalized spacial score (nSPS) is 16.8. The number of rotatable bonds is 5. The highest BCUT2D eigenvalue weighted by Crippen LogP contribution is 2.22. The minimum Gasteiger partial charge on any atom is -0.459 e. The zero-order valence-corrected chi connectivity index (χ0v) is 14.0. The van der Waals surface area contributed by atoms with Crippen LogP contribution in [0.1, 0.15) is 29.8 Å². The molecule has 0 spiro atoms. The highest BCUT2D eigenvalue weighted by Gasteiger charge is 2.32. The molecule has 1 saturated heterocycles. The van der Waals surface area contributed by atoms with Gasteiger partial charge in [0.15, 0.2) is 12.4 Å². The Labute approximate surface area is 149 Å². The third-order valence-corrected chi connectivity index (χ3v) is 3.93. The fourth-order valence-corrected chi connectivity index (χ4v) is 2.72. The molecule has 1 atom stereocenters. The molecule has 1 aliphatic rings. The van der Waals surface area contributed by atoms with Crippen molar-refractivity contribution >= 4 is 23.7 Å². The number of hydrogen-bond donors (Lipinski definition) is 1. The van der Waals surface area contributed by atoms with Crippen molar-refractivity contribution in [1.82, 2.24) is 15.3 Å². The lowest BCUT2D eigenvalue weighted by Gasteiger charge is -2.33. The van der Waals surface area contributed by atoms with Crippen LogP contribution < -0.4 is 10.2 Å². The summed E-state index contributed by atoms with van der Waals surface area (Å²) in [7, 11) is 0. The largest absolute Gasteiger partial charge is 0.459 e. The molecule has 0 aromatic carbocycles. The number of ether oxygens (including phenoxy) is 1. The second-order valence-electron chi connectivity index (χ2n) is 5.72. The van der Waals surface area contributed by atoms with E-state index < -0.39 is 30.4 Å². The molecule has 2 aromatic rings. The molecular formula is C17H18N4O5. The van der Waals surface area contributed by atoms with Gasteiger partial charge in [0, 0.05) is 18.9 Å². The summed E-state index contributed by atoms with van der Waals surface area (Å²) in [6.45, 7) is 0.0816. The van der Waals surface area contributed by atoms with Gasteiger partial charge in [0.25, 0.3) is 11.8 Å². The van der Waals surface area contributed by atoms with Gasteiger partial charge in [0.2, 0.25) is 5.95 Å². The first kappa shape index (κ1) is 17.6. The van der Waals surface area contributed by atoms with E-state index in [1.165, 1.54) is 18.4 Å². The molecule has 3 rings (SSSR count). The third-order valence-electron chi connectivity index (χ3n) is 3.93. The number of nitrogens with zero attached hydrogens (tertiary/aromatic N) is 3. The standard InChI is InChI=1S/C17H18N4O5/c22-14(20-15(23)13-6-3-10-25-13)11-26-16(24)12-5-1-2-9-21(12)17-18-7-4-8-19-17/h3-4,6-8,10,12H,1-2,5,9,11H2,(H,20,22,23). The quantitative estimate of drug-likeness (QED) is 0.785. The number of amides is 2. The highest BCUT2D eigenvalue weighted by atomic mass is 16.5. The maximum Gasteiger partial charge on any atom is 0.329 e. The minimum absolute atomic E-state index is 0.00404. The number of carbonyl (C=O) groups excluding carboxylic acids is 3. The Balaban J connectivity index is 1.54. The predicted molar refractivity (Wildman–Crippen MR) is 89.2 cm³/mol. The van der Waals surface area contributed by atoms with Crippen molar-refractivity contribution in [3.63, 3.8) is 0 Å². The Morgan fingerprint density at radius 3 is 2.77 bits per heavy atom. The Hall–Kier alpha value is -3.23. The molecule has 136 valence electrons. The van der Waals surface area contributed by atoms with E-state index in [9.17, 15) is 14.4 Å². The van der Waals surface area contributed by atoms with Gasteiger partial charge in [-0.1, -0.05) is 0 Å². The van der Waals surface area contributed by atoms with E-state index in [1.54, 1.807) is 23.4 Å². The average molecular weight is 358 g/mol. The van der Waals surface area contributed by atoms with Crippen LogP contribution in [0.25, 0.3) is 0 Å². The Kier molecular flexibility index (Phi) is 5.57. The van der Waals surface area contributed by atoms with Crippen LogP contribution in [0.4, 0.5) is 5.95 Å². The molecule has 3 heterocycles. The molecule has 1 N–H and O–H groups in total. The van der Waals surface area contributed by atoms with Crippen LogP contribution in [0.2, 0.25) is 0 Å². The number of hydrogen-bond acceptors (Lipinski definition) is 8. The molecule has 1 unspecified atom stereocenters. The van der Waals surface area contributed by atoms with E-state index in [4.69, 9.17) is 9.15 Å². The lowest BCUT2D eigenvalue weighted by molar-refractivity contribution is -0.150. The number of furan rings is 1. The van der Waals surface area contributed by atoms with Crippen LogP contribution in [-0.2, 0) is 14.3 Å². The number of piperidine rings is 1. The maximum absolute atomic E-state index is 12.4. The van der Waals surface area contributed by atoms with Crippen molar-refractivity contribution in [1.29, 1.82) is 0 Å². The summed E-state index contributed by atoms with van der Waals surface area (Å²) in [6.07, 6.45) is 6.90. The summed E-state index contributed by atoms with van der Waals surface area (Å²) in [5, 5.41) is 2.10. The number of nitrogens with one attached hydrogen (secondary N) is 1. The van der Waals surface area contributed by atoms with Crippen LogP contribution in [-0.4, -0.2) is 46.9 Å². The molecule has 0 aliphatic carbocycles. The second-order valence-corrected chi connectivity index (χ2v) is 5.72. The molecule has 1 aliphatic heterocycles.